The van der Waals surface area contributed by atoms with Gasteiger partial charge in [0.15, 0.2) is 5.75 Å². The summed E-state index contributed by atoms with van der Waals surface area (Å²) in [7, 11) is 1.41. The van der Waals surface area contributed by atoms with Crippen molar-refractivity contribution < 1.29 is 14.6 Å². The van der Waals surface area contributed by atoms with Crippen LogP contribution in [0.1, 0.15) is 18.5 Å². The number of pyridine rings is 1. The normalized spacial score (nSPS) is 22.0. The van der Waals surface area contributed by atoms with Gasteiger partial charge in [-0.05, 0) is 25.7 Å². The molecule has 2 aromatic heterocycles. The van der Waals surface area contributed by atoms with E-state index in [0.717, 1.165) is 0 Å². The Kier molecular flexibility index (Phi) is 5.86. The zero-order valence-corrected chi connectivity index (χ0v) is 16.0. The third-order valence-electron chi connectivity index (χ3n) is 4.86. The van der Waals surface area contributed by atoms with Gasteiger partial charge in [-0.1, -0.05) is 11.6 Å². The van der Waals surface area contributed by atoms with Gasteiger partial charge in [0.1, 0.15) is 6.54 Å². The third kappa shape index (κ3) is 4.70. The average molecular weight is 395 g/mol. The first-order valence-corrected chi connectivity index (χ1v) is 9.14. The van der Waals surface area contributed by atoms with E-state index in [1.165, 1.54) is 19.4 Å². The second kappa shape index (κ2) is 8.14. The summed E-state index contributed by atoms with van der Waals surface area (Å²) in [6, 6.07) is 1.12. The van der Waals surface area contributed by atoms with E-state index in [4.69, 9.17) is 16.3 Å². The summed E-state index contributed by atoms with van der Waals surface area (Å²) >= 11 is 5.87. The van der Waals surface area contributed by atoms with Gasteiger partial charge >= 0.3 is 0 Å². The summed E-state index contributed by atoms with van der Waals surface area (Å²) in [5.41, 5.74) is 0.441. The lowest BCUT2D eigenvalue weighted by molar-refractivity contribution is -0.123. The molecule has 1 unspecified atom stereocenters. The van der Waals surface area contributed by atoms with Gasteiger partial charge in [0.05, 0.1) is 36.7 Å². The number of hydrogen-bond acceptors (Lipinski definition) is 5. The molecule has 8 nitrogen and oxygen atoms in total. The number of methoxy groups -OCH3 is 1. The van der Waals surface area contributed by atoms with Crippen LogP contribution in [-0.4, -0.2) is 44.6 Å². The topological polar surface area (TPSA) is 98.4 Å². The lowest BCUT2D eigenvalue weighted by Gasteiger charge is -2.18. The monoisotopic (exact) mass is 394 g/mol. The Balaban J connectivity index is 1.58. The highest BCUT2D eigenvalue weighted by atomic mass is 35.5. The fourth-order valence-electron chi connectivity index (χ4n) is 3.51. The molecule has 1 aliphatic carbocycles. The number of halogens is 1. The number of aliphatic hydroxyl groups is 1. The predicted molar refractivity (Wildman–Crippen MR) is 99.9 cm³/mol. The van der Waals surface area contributed by atoms with Gasteiger partial charge in [0.2, 0.25) is 11.3 Å². The van der Waals surface area contributed by atoms with E-state index < -0.39 is 6.10 Å². The number of aliphatic hydroxyl groups excluding tert-OH is 1. The number of hydrogen-bond donors (Lipinski definition) is 2. The van der Waals surface area contributed by atoms with Gasteiger partial charge < -0.3 is 19.7 Å². The summed E-state index contributed by atoms with van der Waals surface area (Å²) in [5, 5.41) is 17.9. The lowest BCUT2D eigenvalue weighted by Crippen LogP contribution is -2.41. The van der Waals surface area contributed by atoms with E-state index in [0.29, 0.717) is 30.1 Å². The highest BCUT2D eigenvalue weighted by Gasteiger charge is 2.34. The average Bonchev–Trinajstić information content (AvgIpc) is 3.16. The smallest absolute Gasteiger partial charge is 0.240 e. The summed E-state index contributed by atoms with van der Waals surface area (Å²) in [6.07, 6.45) is 5.49. The minimum absolute atomic E-state index is 0.0468. The Morgan fingerprint density at radius 3 is 2.89 bits per heavy atom. The van der Waals surface area contributed by atoms with Crippen LogP contribution in [0.15, 0.2) is 29.5 Å². The molecule has 2 aromatic rings. The van der Waals surface area contributed by atoms with Gasteiger partial charge in [-0.2, -0.15) is 5.10 Å². The van der Waals surface area contributed by atoms with Crippen LogP contribution in [0.3, 0.4) is 0 Å². The van der Waals surface area contributed by atoms with Crippen LogP contribution in [0.4, 0.5) is 0 Å². The summed E-state index contributed by atoms with van der Waals surface area (Å²) in [5.74, 6) is 0.165. The van der Waals surface area contributed by atoms with E-state index in [-0.39, 0.29) is 35.6 Å². The first kappa shape index (κ1) is 19.4. The molecule has 0 saturated heterocycles. The zero-order valence-electron chi connectivity index (χ0n) is 15.3. The molecule has 1 saturated carbocycles. The molecule has 1 fully saturated rings. The first-order chi connectivity index (χ1) is 12.9. The molecule has 27 heavy (non-hydrogen) atoms. The van der Waals surface area contributed by atoms with E-state index >= 15 is 0 Å². The van der Waals surface area contributed by atoms with Crippen molar-refractivity contribution in [3.05, 3.63) is 45.6 Å². The summed E-state index contributed by atoms with van der Waals surface area (Å²) < 4.78 is 8.43. The van der Waals surface area contributed by atoms with Crippen LogP contribution in [-0.2, 0) is 17.9 Å². The summed E-state index contributed by atoms with van der Waals surface area (Å²) in [4.78, 5) is 24.2. The molecule has 146 valence electrons. The van der Waals surface area contributed by atoms with Crippen LogP contribution in [0.5, 0.6) is 5.75 Å². The Bertz CT molecular complexity index is 878. The fraction of sp³-hybridized carbons (Fsp3) is 0.500. The Labute approximate surface area is 161 Å². The second-order valence-electron chi connectivity index (χ2n) is 6.93. The van der Waals surface area contributed by atoms with Gasteiger partial charge in [-0.25, -0.2) is 0 Å². The molecule has 1 aliphatic rings. The van der Waals surface area contributed by atoms with Crippen molar-refractivity contribution >= 4 is 17.5 Å². The van der Waals surface area contributed by atoms with Gasteiger partial charge in [0, 0.05) is 24.5 Å². The van der Waals surface area contributed by atoms with Crippen LogP contribution in [0, 0.1) is 12.8 Å². The van der Waals surface area contributed by atoms with Gasteiger partial charge in [-0.15, -0.1) is 0 Å². The van der Waals surface area contributed by atoms with Crippen molar-refractivity contribution in [1.82, 2.24) is 19.7 Å². The van der Waals surface area contributed by atoms with Crippen molar-refractivity contribution in [1.29, 1.82) is 0 Å². The standard InChI is InChI=1S/C18H23ClN4O4/c1-11-3-16(25)17(27-2)9-22(11)10-18(26)21-14-4-12(5-15(14)24)7-23-8-13(19)6-20-23/h3,6,8-9,12,14-15,24H,4-5,7,10H2,1-2H3,(H,21,26)/t12?,14-,15-/m1/s1. The third-order valence-corrected chi connectivity index (χ3v) is 5.06. The molecule has 0 aliphatic heterocycles. The SMILES string of the molecule is COc1cn(CC(=O)N[C@@H]2CC(Cn3cc(Cl)cn3)C[C@H]2O)c(C)cc1=O. The number of nitrogens with one attached hydrogen (secondary N) is 1. The highest BCUT2D eigenvalue weighted by molar-refractivity contribution is 6.30. The first-order valence-electron chi connectivity index (χ1n) is 8.76. The minimum Gasteiger partial charge on any atom is -0.491 e. The lowest BCUT2D eigenvalue weighted by atomic mass is 10.1. The molecule has 0 bridgehead atoms. The molecule has 0 spiro atoms. The number of aromatic nitrogens is 3. The van der Waals surface area contributed by atoms with Crippen molar-refractivity contribution in [2.45, 2.75) is 45.0 Å². The van der Waals surface area contributed by atoms with Crippen molar-refractivity contribution in [3.8, 4) is 5.75 Å². The van der Waals surface area contributed by atoms with Gasteiger partial charge in [0.25, 0.3) is 0 Å². The van der Waals surface area contributed by atoms with Crippen molar-refractivity contribution in [2.24, 2.45) is 5.92 Å². The van der Waals surface area contributed by atoms with E-state index in [1.807, 2.05) is 0 Å². The Hall–Kier alpha value is -2.32. The molecule has 2 N–H and O–H groups in total. The predicted octanol–water partition coefficient (Wildman–Crippen LogP) is 0.971. The Morgan fingerprint density at radius 2 is 2.22 bits per heavy atom. The van der Waals surface area contributed by atoms with E-state index in [1.54, 1.807) is 28.6 Å². The number of amides is 1. The molecule has 2 heterocycles. The van der Waals surface area contributed by atoms with E-state index in [9.17, 15) is 14.7 Å². The minimum atomic E-state index is -0.602. The number of aryl methyl sites for hydroxylation is 1. The fourth-order valence-corrected chi connectivity index (χ4v) is 3.66. The number of rotatable bonds is 6. The molecule has 0 aromatic carbocycles. The van der Waals surface area contributed by atoms with Crippen molar-refractivity contribution in [2.75, 3.05) is 7.11 Å². The molecule has 9 heteroatoms. The molecule has 3 atom stereocenters. The Morgan fingerprint density at radius 1 is 1.44 bits per heavy atom. The van der Waals surface area contributed by atoms with Crippen molar-refractivity contribution in [3.63, 3.8) is 0 Å². The highest BCUT2D eigenvalue weighted by Crippen LogP contribution is 2.27. The maximum Gasteiger partial charge on any atom is 0.240 e. The van der Waals surface area contributed by atoms with Crippen LogP contribution < -0.4 is 15.5 Å². The maximum atomic E-state index is 12.4. The van der Waals surface area contributed by atoms with E-state index in [2.05, 4.69) is 10.4 Å². The molecule has 3 rings (SSSR count). The van der Waals surface area contributed by atoms with Crippen LogP contribution >= 0.6 is 11.6 Å². The number of nitrogens with zero attached hydrogens (tertiary/aromatic N) is 3. The number of carbonyl (C=O) groups excluding carboxylic acids is 1. The molecular formula is C18H23ClN4O4. The summed E-state index contributed by atoms with van der Waals surface area (Å²) in [6.45, 7) is 2.45. The molecule has 1 amide bonds. The number of carbonyl (C=O) groups is 1. The van der Waals surface area contributed by atoms with Crippen LogP contribution in [0.25, 0.3) is 0 Å². The molecular weight excluding hydrogens is 372 g/mol. The van der Waals surface area contributed by atoms with Crippen LogP contribution in [0.2, 0.25) is 5.02 Å². The molecule has 0 radical (unpaired) electrons. The zero-order chi connectivity index (χ0) is 19.6. The van der Waals surface area contributed by atoms with Gasteiger partial charge in [-0.3, -0.25) is 14.3 Å². The maximum absolute atomic E-state index is 12.4. The largest absolute Gasteiger partial charge is 0.491 e. The number of ether oxygens (including phenoxy) is 1. The quantitative estimate of drug-likeness (QED) is 0.760. The second-order valence-corrected chi connectivity index (χ2v) is 7.37.